The molecule has 1 aliphatic rings. The number of β-amino-alcohol motifs (C(OH)–C–C–N with tert-alkyl or cyclic N) is 1. The molecule has 1 unspecified atom stereocenters. The topological polar surface area (TPSA) is 41.5 Å². The molecule has 0 bridgehead atoms. The van der Waals surface area contributed by atoms with Gasteiger partial charge in [0.25, 0.3) is 0 Å². The zero-order valence-electron chi connectivity index (χ0n) is 12.4. The molecule has 0 radical (unpaired) electrons. The highest BCUT2D eigenvalue weighted by Gasteiger charge is 2.24. The summed E-state index contributed by atoms with van der Waals surface area (Å²) in [6.45, 7) is 7.75. The zero-order valence-corrected chi connectivity index (χ0v) is 12.4. The van der Waals surface area contributed by atoms with Crippen LogP contribution in [0, 0.1) is 0 Å². The molecule has 1 fully saturated rings. The van der Waals surface area contributed by atoms with Crippen molar-refractivity contribution in [2.75, 3.05) is 13.2 Å². The van der Waals surface area contributed by atoms with Gasteiger partial charge in [0.1, 0.15) is 0 Å². The Morgan fingerprint density at radius 1 is 1.17 bits per heavy atom. The molecule has 3 heteroatoms. The summed E-state index contributed by atoms with van der Waals surface area (Å²) in [5.41, 5.74) is 0.189. The molecule has 0 amide bonds. The van der Waals surface area contributed by atoms with Crippen LogP contribution in [0.25, 0.3) is 0 Å². The molecule has 0 aromatic heterocycles. The van der Waals surface area contributed by atoms with E-state index in [0.29, 0.717) is 19.3 Å². The number of hydrogen-bond acceptors (Lipinski definition) is 3. The van der Waals surface area contributed by atoms with E-state index in [4.69, 9.17) is 4.74 Å². The Bertz CT molecular complexity index is 202. The van der Waals surface area contributed by atoms with Crippen LogP contribution in [0.3, 0.4) is 0 Å². The molecule has 0 spiro atoms. The van der Waals surface area contributed by atoms with Crippen molar-refractivity contribution in [3.05, 3.63) is 0 Å². The van der Waals surface area contributed by atoms with Crippen molar-refractivity contribution >= 4 is 0 Å². The van der Waals surface area contributed by atoms with Gasteiger partial charge in [-0.15, -0.1) is 0 Å². The lowest BCUT2D eigenvalue weighted by Gasteiger charge is -2.33. The summed E-state index contributed by atoms with van der Waals surface area (Å²) < 4.78 is 5.74. The molecule has 2 N–H and O–H groups in total. The monoisotopic (exact) mass is 257 g/mol. The molecular formula is C15H31NO2. The second kappa shape index (κ2) is 8.13. The highest BCUT2D eigenvalue weighted by atomic mass is 16.5. The highest BCUT2D eigenvalue weighted by Crippen LogP contribution is 2.21. The van der Waals surface area contributed by atoms with Crippen LogP contribution in [0.2, 0.25) is 0 Å². The van der Waals surface area contributed by atoms with Crippen LogP contribution in [-0.4, -0.2) is 36.0 Å². The summed E-state index contributed by atoms with van der Waals surface area (Å²) in [6, 6.07) is 0. The Morgan fingerprint density at radius 2 is 1.72 bits per heavy atom. The first-order valence-corrected chi connectivity index (χ1v) is 7.70. The van der Waals surface area contributed by atoms with Crippen LogP contribution >= 0.6 is 0 Å². The van der Waals surface area contributed by atoms with Crippen molar-refractivity contribution in [1.82, 2.24) is 5.32 Å². The first-order chi connectivity index (χ1) is 8.65. The molecule has 1 saturated carbocycles. The Labute approximate surface area is 112 Å². The molecule has 0 aromatic carbocycles. The third-order valence-electron chi connectivity index (χ3n) is 4.57. The molecule has 0 heterocycles. The van der Waals surface area contributed by atoms with Crippen LogP contribution in [0.1, 0.15) is 65.7 Å². The summed E-state index contributed by atoms with van der Waals surface area (Å²) in [5, 5.41) is 13.5. The standard InChI is InChI=1S/C15H31NO2/c1-4-15(5-2,6-3)16-11-13(17)12-18-14-9-7-8-10-14/h13-14,16-17H,4-12H2,1-3H3. The second-order valence-electron chi connectivity index (χ2n) is 5.62. The summed E-state index contributed by atoms with van der Waals surface area (Å²) in [6.07, 6.45) is 8.24. The Hall–Kier alpha value is -0.120. The summed E-state index contributed by atoms with van der Waals surface area (Å²) in [7, 11) is 0. The van der Waals surface area contributed by atoms with Gasteiger partial charge in [0.2, 0.25) is 0 Å². The minimum atomic E-state index is -0.380. The molecule has 18 heavy (non-hydrogen) atoms. The number of ether oxygens (including phenoxy) is 1. The summed E-state index contributed by atoms with van der Waals surface area (Å²) >= 11 is 0. The third-order valence-corrected chi connectivity index (χ3v) is 4.57. The molecule has 0 saturated heterocycles. The van der Waals surface area contributed by atoms with Crippen LogP contribution < -0.4 is 5.32 Å². The maximum atomic E-state index is 9.97. The van der Waals surface area contributed by atoms with Crippen LogP contribution in [-0.2, 0) is 4.74 Å². The fraction of sp³-hybridized carbons (Fsp3) is 1.00. The van der Waals surface area contributed by atoms with E-state index in [1.807, 2.05) is 0 Å². The normalized spacial score (nSPS) is 19.3. The van der Waals surface area contributed by atoms with Crippen molar-refractivity contribution in [2.45, 2.75) is 83.5 Å². The first kappa shape index (κ1) is 15.9. The molecule has 1 rings (SSSR count). The number of nitrogens with one attached hydrogen (secondary N) is 1. The Kier molecular flexibility index (Phi) is 7.20. The molecule has 108 valence electrons. The van der Waals surface area contributed by atoms with Crippen molar-refractivity contribution in [3.8, 4) is 0 Å². The highest BCUT2D eigenvalue weighted by molar-refractivity contribution is 4.84. The number of aliphatic hydroxyl groups excluding tert-OH is 1. The fourth-order valence-corrected chi connectivity index (χ4v) is 2.82. The number of rotatable bonds is 9. The van der Waals surface area contributed by atoms with E-state index in [1.54, 1.807) is 0 Å². The lowest BCUT2D eigenvalue weighted by atomic mass is 9.89. The maximum absolute atomic E-state index is 9.97. The lowest BCUT2D eigenvalue weighted by molar-refractivity contribution is -0.00839. The fourth-order valence-electron chi connectivity index (χ4n) is 2.82. The van der Waals surface area contributed by atoms with E-state index in [2.05, 4.69) is 26.1 Å². The maximum Gasteiger partial charge on any atom is 0.0898 e. The van der Waals surface area contributed by atoms with Gasteiger partial charge in [-0.2, -0.15) is 0 Å². The smallest absolute Gasteiger partial charge is 0.0898 e. The molecule has 1 aliphatic carbocycles. The summed E-state index contributed by atoms with van der Waals surface area (Å²) in [5.74, 6) is 0. The van der Waals surface area contributed by atoms with Gasteiger partial charge in [0.15, 0.2) is 0 Å². The molecule has 0 aliphatic heterocycles. The van der Waals surface area contributed by atoms with Crippen molar-refractivity contribution < 1.29 is 9.84 Å². The molecule has 0 aromatic rings. The largest absolute Gasteiger partial charge is 0.389 e. The van der Waals surface area contributed by atoms with Gasteiger partial charge in [-0.25, -0.2) is 0 Å². The second-order valence-corrected chi connectivity index (χ2v) is 5.62. The van der Waals surface area contributed by atoms with Gasteiger partial charge >= 0.3 is 0 Å². The van der Waals surface area contributed by atoms with Gasteiger partial charge < -0.3 is 15.2 Å². The van der Waals surface area contributed by atoms with E-state index in [9.17, 15) is 5.11 Å². The van der Waals surface area contributed by atoms with Crippen molar-refractivity contribution in [1.29, 1.82) is 0 Å². The Balaban J connectivity index is 2.20. The quantitative estimate of drug-likeness (QED) is 0.667. The van der Waals surface area contributed by atoms with E-state index >= 15 is 0 Å². The summed E-state index contributed by atoms with van der Waals surface area (Å²) in [4.78, 5) is 0. The average Bonchev–Trinajstić information content (AvgIpc) is 2.92. The Morgan fingerprint density at radius 3 is 2.22 bits per heavy atom. The molecule has 1 atom stereocenters. The van der Waals surface area contributed by atoms with E-state index < -0.39 is 0 Å². The molecular weight excluding hydrogens is 226 g/mol. The zero-order chi connectivity index (χ0) is 13.4. The van der Waals surface area contributed by atoms with Gasteiger partial charge in [-0.05, 0) is 32.1 Å². The predicted octanol–water partition coefficient (Wildman–Crippen LogP) is 2.86. The van der Waals surface area contributed by atoms with E-state index in [-0.39, 0.29) is 11.6 Å². The predicted molar refractivity (Wildman–Crippen MR) is 75.8 cm³/mol. The van der Waals surface area contributed by atoms with E-state index in [1.165, 1.54) is 25.7 Å². The van der Waals surface area contributed by atoms with E-state index in [0.717, 1.165) is 19.3 Å². The van der Waals surface area contributed by atoms with Crippen molar-refractivity contribution in [2.24, 2.45) is 0 Å². The number of hydrogen-bond donors (Lipinski definition) is 2. The van der Waals surface area contributed by atoms with Gasteiger partial charge in [0.05, 0.1) is 18.8 Å². The minimum Gasteiger partial charge on any atom is -0.389 e. The lowest BCUT2D eigenvalue weighted by Crippen LogP contribution is -2.47. The van der Waals surface area contributed by atoms with Gasteiger partial charge in [0, 0.05) is 12.1 Å². The number of aliphatic hydroxyl groups is 1. The van der Waals surface area contributed by atoms with Crippen LogP contribution in [0.4, 0.5) is 0 Å². The third kappa shape index (κ3) is 4.87. The first-order valence-electron chi connectivity index (χ1n) is 7.70. The van der Waals surface area contributed by atoms with Gasteiger partial charge in [-0.1, -0.05) is 33.6 Å². The van der Waals surface area contributed by atoms with Crippen LogP contribution in [0.5, 0.6) is 0 Å². The minimum absolute atomic E-state index is 0.189. The SMILES string of the molecule is CCC(CC)(CC)NCC(O)COC1CCCC1. The van der Waals surface area contributed by atoms with Crippen LogP contribution in [0.15, 0.2) is 0 Å². The van der Waals surface area contributed by atoms with Gasteiger partial charge in [-0.3, -0.25) is 0 Å². The molecule has 3 nitrogen and oxygen atoms in total. The average molecular weight is 257 g/mol. The van der Waals surface area contributed by atoms with Crippen molar-refractivity contribution in [3.63, 3.8) is 0 Å².